The lowest BCUT2D eigenvalue weighted by molar-refractivity contribution is -0.151. The van der Waals surface area contributed by atoms with Crippen LogP contribution in [0.5, 0.6) is 0 Å². The summed E-state index contributed by atoms with van der Waals surface area (Å²) in [5, 5.41) is 14.5. The molecule has 0 spiro atoms. The first kappa shape index (κ1) is 62.5. The molecule has 408 valence electrons. The molecule has 0 aliphatic heterocycles. The van der Waals surface area contributed by atoms with Crippen molar-refractivity contribution in [1.29, 1.82) is 0 Å². The van der Waals surface area contributed by atoms with Crippen LogP contribution in [-0.2, 0) is 66.7 Å². The van der Waals surface area contributed by atoms with Crippen molar-refractivity contribution in [3.63, 3.8) is 0 Å². The lowest BCUT2D eigenvalue weighted by atomic mass is 9.95. The molecule has 6 amide bonds. The Labute approximate surface area is 420 Å². The van der Waals surface area contributed by atoms with Gasteiger partial charge in [-0.1, -0.05) is 25.7 Å². The van der Waals surface area contributed by atoms with Gasteiger partial charge in [-0.3, -0.25) is 33.6 Å². The molecular weight excluding hydrogens is 927 g/mol. The number of nitrogens with two attached hydrogens (primary N) is 2. The number of alkyl carbamates (subject to hydrolysis) is 1. The maximum absolute atomic E-state index is 13.4. The zero-order chi connectivity index (χ0) is 51.9. The van der Waals surface area contributed by atoms with Crippen molar-refractivity contribution < 1.29 is 71.5 Å². The number of esters is 2. The van der Waals surface area contributed by atoms with Crippen LogP contribution in [0.3, 0.4) is 0 Å². The molecule has 0 aromatic heterocycles. The van der Waals surface area contributed by atoms with Crippen LogP contribution < -0.4 is 38.1 Å². The highest BCUT2D eigenvalue weighted by Crippen LogP contribution is 2.36. The molecule has 4 unspecified atom stereocenters. The Morgan fingerprint density at radius 1 is 0.521 bits per heavy atom. The molecule has 0 heterocycles. The van der Waals surface area contributed by atoms with Gasteiger partial charge in [0.1, 0.15) is 19.3 Å². The van der Waals surface area contributed by atoms with E-state index in [0.717, 1.165) is 38.5 Å². The van der Waals surface area contributed by atoms with Crippen LogP contribution in [0.25, 0.3) is 0 Å². The number of hydrogen-bond acceptors (Lipinski definition) is 16. The number of unbranched alkanes of at least 4 members (excludes halogenated alkanes) is 3. The Morgan fingerprint density at radius 3 is 1.61 bits per heavy atom. The molecule has 22 heteroatoms. The number of amides is 6. The summed E-state index contributed by atoms with van der Waals surface area (Å²) in [5.41, 5.74) is 11.1. The van der Waals surface area contributed by atoms with Crippen LogP contribution in [0.15, 0.2) is 0 Å². The van der Waals surface area contributed by atoms with Gasteiger partial charge in [0.2, 0.25) is 29.5 Å². The average Bonchev–Trinajstić information content (AvgIpc) is 4.29. The van der Waals surface area contributed by atoms with Crippen LogP contribution in [-0.4, -0.2) is 159 Å². The number of methoxy groups -OCH3 is 2. The lowest BCUT2D eigenvalue weighted by Gasteiger charge is -2.19. The van der Waals surface area contributed by atoms with Gasteiger partial charge in [0.25, 0.3) is 0 Å². The Hall–Kier alpha value is -4.64. The molecule has 0 aromatic carbocycles. The quantitative estimate of drug-likeness (QED) is 0.0261. The molecule has 22 nitrogen and oxygen atoms in total. The number of ether oxygens (including phenoxy) is 7. The first-order chi connectivity index (χ1) is 34.3. The topological polar surface area (TPSA) is 313 Å². The first-order valence-corrected chi connectivity index (χ1v) is 25.9. The van der Waals surface area contributed by atoms with Crippen LogP contribution >= 0.6 is 0 Å². The van der Waals surface area contributed by atoms with E-state index in [1.807, 2.05) is 0 Å². The van der Waals surface area contributed by atoms with E-state index in [1.165, 1.54) is 0 Å². The first-order valence-electron chi connectivity index (χ1n) is 25.9. The van der Waals surface area contributed by atoms with E-state index < -0.39 is 42.0 Å². The average molecular weight is 1010 g/mol. The molecule has 2 saturated carbocycles. The summed E-state index contributed by atoms with van der Waals surface area (Å²) in [6.07, 6.45) is 9.73. The third-order valence-electron chi connectivity index (χ3n) is 12.0. The fourth-order valence-corrected chi connectivity index (χ4v) is 7.52. The molecule has 2 aliphatic rings. The maximum Gasteiger partial charge on any atom is 0.407 e. The summed E-state index contributed by atoms with van der Waals surface area (Å²) < 4.78 is 36.6. The third-order valence-corrected chi connectivity index (χ3v) is 12.0. The molecule has 9 N–H and O–H groups in total. The van der Waals surface area contributed by atoms with E-state index in [2.05, 4.69) is 26.6 Å². The van der Waals surface area contributed by atoms with Crippen molar-refractivity contribution >= 4 is 47.6 Å². The van der Waals surface area contributed by atoms with Gasteiger partial charge < -0.3 is 71.2 Å². The van der Waals surface area contributed by atoms with Gasteiger partial charge in [0.05, 0.1) is 52.1 Å². The van der Waals surface area contributed by atoms with Crippen LogP contribution in [0.1, 0.15) is 135 Å². The summed E-state index contributed by atoms with van der Waals surface area (Å²) >= 11 is 0. The van der Waals surface area contributed by atoms with Gasteiger partial charge in [-0.2, -0.15) is 0 Å². The third kappa shape index (κ3) is 35.2. The van der Waals surface area contributed by atoms with E-state index in [-0.39, 0.29) is 114 Å². The normalized spacial score (nSPS) is 14.8. The monoisotopic (exact) mass is 1010 g/mol. The minimum absolute atomic E-state index is 0.0114. The molecule has 2 rings (SSSR count). The van der Waals surface area contributed by atoms with E-state index in [1.54, 1.807) is 14.2 Å². The molecule has 0 bridgehead atoms. The van der Waals surface area contributed by atoms with Crippen molar-refractivity contribution in [3.05, 3.63) is 0 Å². The Morgan fingerprint density at radius 2 is 1.06 bits per heavy atom. The summed E-state index contributed by atoms with van der Waals surface area (Å²) in [5.74, 6) is -2.93. The lowest BCUT2D eigenvalue weighted by Crippen LogP contribution is -2.42. The standard InChI is InChI=1S/C49H87N7O15/c1-65-26-28-67-30-32-69-45(60)35-38(11-4-7-24-55-49(64)70-33-31-68-29-27-66-2)48(63)54-25-9-13-44(59)71-40(18-20-42(57)52-22-6-3-10-37(46(50)61)34-36-14-15-36)19-21-43(58)53-23-8-5-12-41(47(51)62)56-39-16-17-39/h36-41,56H,3-35H2,1-2H3,(H2,50,61)(H2,51,62)(H,52,57)(H,53,58)(H,54,63)(H,55,64). The van der Waals surface area contributed by atoms with Crippen molar-refractivity contribution in [2.24, 2.45) is 29.2 Å². The molecule has 2 aliphatic carbocycles. The molecule has 4 atom stereocenters. The molecule has 0 radical (unpaired) electrons. The smallest absolute Gasteiger partial charge is 0.407 e. The predicted octanol–water partition coefficient (Wildman–Crippen LogP) is 2.21. The number of rotatable bonds is 47. The van der Waals surface area contributed by atoms with Crippen LogP contribution in [0, 0.1) is 17.8 Å². The van der Waals surface area contributed by atoms with E-state index in [4.69, 9.17) is 44.6 Å². The molecule has 71 heavy (non-hydrogen) atoms. The van der Waals surface area contributed by atoms with Crippen LogP contribution in [0.4, 0.5) is 4.79 Å². The second kappa shape index (κ2) is 39.9. The predicted molar refractivity (Wildman–Crippen MR) is 261 cm³/mol. The van der Waals surface area contributed by atoms with Crippen molar-refractivity contribution in [2.45, 2.75) is 153 Å². The van der Waals surface area contributed by atoms with E-state index >= 15 is 0 Å². The van der Waals surface area contributed by atoms with Gasteiger partial charge in [0, 0.05) is 77.5 Å². The fraction of sp³-hybridized carbons (Fsp3) is 0.837. The summed E-state index contributed by atoms with van der Waals surface area (Å²) in [6.45, 7) is 3.30. The van der Waals surface area contributed by atoms with Crippen molar-refractivity contribution in [3.8, 4) is 0 Å². The molecule has 0 aromatic rings. The zero-order valence-electron chi connectivity index (χ0n) is 42.6. The number of carbonyl (C=O) groups is 8. The summed E-state index contributed by atoms with van der Waals surface area (Å²) in [4.78, 5) is 100. The second-order valence-electron chi connectivity index (χ2n) is 18.3. The second-order valence-corrected chi connectivity index (χ2v) is 18.3. The van der Waals surface area contributed by atoms with Crippen molar-refractivity contribution in [2.75, 3.05) is 93.3 Å². The van der Waals surface area contributed by atoms with Gasteiger partial charge >= 0.3 is 18.0 Å². The maximum atomic E-state index is 13.4. The largest absolute Gasteiger partial charge is 0.463 e. The minimum atomic E-state index is -0.738. The number of carbonyl (C=O) groups excluding carboxylic acids is 8. The highest BCUT2D eigenvalue weighted by atomic mass is 16.6. The Balaban J connectivity index is 1.85. The number of primary amides is 2. The zero-order valence-corrected chi connectivity index (χ0v) is 42.6. The van der Waals surface area contributed by atoms with E-state index in [9.17, 15) is 38.4 Å². The SMILES string of the molecule is COCCOCCOC(=O)CC(CCCCNC(=O)OCCOCCOC)C(=O)NCCCC(=O)OC(CCC(=O)NCCCCC(CC1CC1)C(N)=O)CCC(=O)NCCCCC(NC1CC1)C(N)=O. The summed E-state index contributed by atoms with van der Waals surface area (Å²) in [7, 11) is 3.11. The highest BCUT2D eigenvalue weighted by molar-refractivity contribution is 5.84. The number of nitrogens with one attached hydrogen (secondary N) is 5. The van der Waals surface area contributed by atoms with Gasteiger partial charge in [-0.15, -0.1) is 0 Å². The minimum Gasteiger partial charge on any atom is -0.463 e. The molecule has 0 saturated heterocycles. The van der Waals surface area contributed by atoms with E-state index in [0.29, 0.717) is 103 Å². The van der Waals surface area contributed by atoms with Crippen LogP contribution in [0.2, 0.25) is 0 Å². The fourth-order valence-electron chi connectivity index (χ4n) is 7.52. The Bertz CT molecular complexity index is 1490. The molecule has 2 fully saturated rings. The van der Waals surface area contributed by atoms with Gasteiger partial charge in [-0.25, -0.2) is 4.79 Å². The number of hydrogen-bond donors (Lipinski definition) is 7. The van der Waals surface area contributed by atoms with Gasteiger partial charge in [0.15, 0.2) is 0 Å². The summed E-state index contributed by atoms with van der Waals surface area (Å²) in [6, 6.07) is -0.0478. The highest BCUT2D eigenvalue weighted by Gasteiger charge is 2.29. The van der Waals surface area contributed by atoms with Crippen molar-refractivity contribution in [1.82, 2.24) is 26.6 Å². The Kier molecular flexibility index (Phi) is 35.1. The molecular formula is C49H87N7O15. The van der Waals surface area contributed by atoms with Gasteiger partial charge in [-0.05, 0) is 89.4 Å².